The number of methoxy groups -OCH3 is 2. The number of ether oxygens (including phenoxy) is 6. The van der Waals surface area contributed by atoms with Gasteiger partial charge in [0.2, 0.25) is 5.89 Å². The van der Waals surface area contributed by atoms with E-state index in [1.54, 1.807) is 61.7 Å². The van der Waals surface area contributed by atoms with E-state index in [1.807, 2.05) is 39.0 Å². The van der Waals surface area contributed by atoms with Crippen LogP contribution in [0.15, 0.2) is 47.1 Å². The fourth-order valence-corrected chi connectivity index (χ4v) is 10.7. The first-order chi connectivity index (χ1) is 33.8. The van der Waals surface area contributed by atoms with Crippen LogP contribution >= 0.6 is 0 Å². The van der Waals surface area contributed by atoms with E-state index in [-0.39, 0.29) is 11.5 Å². The van der Waals surface area contributed by atoms with Gasteiger partial charge in [0.1, 0.15) is 28.8 Å². The number of carbonyl (C=O) groups is 2. The summed E-state index contributed by atoms with van der Waals surface area (Å²) in [5.41, 5.74) is 7.05. The highest BCUT2D eigenvalue weighted by atomic mass is 16.7. The van der Waals surface area contributed by atoms with Gasteiger partial charge in [-0.1, -0.05) is 63.6 Å². The predicted molar refractivity (Wildman–Crippen MR) is 278 cm³/mol. The van der Waals surface area contributed by atoms with Crippen LogP contribution in [0.1, 0.15) is 115 Å². The molecule has 7 rings (SSSR count). The van der Waals surface area contributed by atoms with Crippen LogP contribution in [0.2, 0.25) is 0 Å². The summed E-state index contributed by atoms with van der Waals surface area (Å²) in [6, 6.07) is 4.47. The van der Waals surface area contributed by atoms with Crippen LogP contribution < -0.4 is 19.1 Å². The van der Waals surface area contributed by atoms with Crippen molar-refractivity contribution in [2.45, 2.75) is 140 Å². The molecule has 6 bridgehead atoms. The lowest BCUT2D eigenvalue weighted by atomic mass is 9.78. The van der Waals surface area contributed by atoms with Crippen molar-refractivity contribution in [1.82, 2.24) is 9.88 Å². The van der Waals surface area contributed by atoms with E-state index >= 15 is 0 Å². The molecule has 4 heterocycles. The van der Waals surface area contributed by atoms with Gasteiger partial charge in [0.05, 0.1) is 42.5 Å². The highest BCUT2D eigenvalue weighted by molar-refractivity contribution is 6.19. The Morgan fingerprint density at radius 2 is 1.53 bits per heavy atom. The standard InChI is InChI=1S/C57H77N3O12/c1-29-26-32(4)39(33(5)27-29)28-59-21-23-60(24-22-59)45-44-51-42-41(52(45)67-16)43-50(37(9)49(42)71-55(65)56(11,12)13)72-57(14,53(43)64)68-25-20-40(66-15)34(6)48(69-38(10)61)36(8)47(63)35(7)46(62)30(2)18-17-19-31(3)54(58-44)70-51/h17-20,25-27,30,34-36,40,46-48,53,62-64H,21-24,28H2,1-16H3/b18-17-,25-20-,31-19-. The smallest absolute Gasteiger partial charge is 0.316 e. The molecule has 0 radical (unpaired) electrons. The quantitative estimate of drug-likeness (QED) is 0.118. The van der Waals surface area contributed by atoms with E-state index in [4.69, 9.17) is 37.8 Å². The number of aliphatic hydroxyl groups is 3. The fraction of sp³-hybridized carbons (Fsp3) is 0.561. The van der Waals surface area contributed by atoms with E-state index in [9.17, 15) is 24.9 Å². The number of aromatic nitrogens is 1. The molecular weight excluding hydrogens is 919 g/mol. The first kappa shape index (κ1) is 54.3. The van der Waals surface area contributed by atoms with Crippen molar-refractivity contribution in [2.24, 2.45) is 29.1 Å². The van der Waals surface area contributed by atoms with Crippen LogP contribution in [0.3, 0.4) is 0 Å². The molecule has 10 unspecified atom stereocenters. The van der Waals surface area contributed by atoms with Gasteiger partial charge in [-0.15, -0.1) is 0 Å². The molecule has 0 aliphatic carbocycles. The molecule has 0 amide bonds. The van der Waals surface area contributed by atoms with Gasteiger partial charge in [0, 0.05) is 99.4 Å². The Bertz CT molecular complexity index is 2760. The second-order valence-corrected chi connectivity index (χ2v) is 21.7. The number of nitrogens with zero attached hydrogens (tertiary/aromatic N) is 3. The van der Waals surface area contributed by atoms with Gasteiger partial charge < -0.3 is 53.1 Å². The zero-order chi connectivity index (χ0) is 52.9. The second-order valence-electron chi connectivity index (χ2n) is 21.7. The fourth-order valence-electron chi connectivity index (χ4n) is 10.7. The van der Waals surface area contributed by atoms with Gasteiger partial charge in [-0.05, 0) is 78.2 Å². The van der Waals surface area contributed by atoms with Crippen LogP contribution in [-0.4, -0.2) is 108 Å². The minimum atomic E-state index is -1.75. The summed E-state index contributed by atoms with van der Waals surface area (Å²) >= 11 is 0. The number of anilines is 1. The molecule has 15 nitrogen and oxygen atoms in total. The van der Waals surface area contributed by atoms with Crippen LogP contribution in [0, 0.1) is 56.8 Å². The van der Waals surface area contributed by atoms with Gasteiger partial charge in [0.25, 0.3) is 5.79 Å². The van der Waals surface area contributed by atoms with Crippen molar-refractivity contribution in [3.05, 3.63) is 82.0 Å². The number of aliphatic hydroxyl groups excluding tert-OH is 3. The zero-order valence-corrected chi connectivity index (χ0v) is 45.1. The molecule has 0 saturated carbocycles. The Kier molecular flexibility index (Phi) is 16.0. The second kappa shape index (κ2) is 21.2. The summed E-state index contributed by atoms with van der Waals surface area (Å²) in [4.78, 5) is 36.5. The van der Waals surface area contributed by atoms with E-state index in [2.05, 4.69) is 42.7 Å². The monoisotopic (exact) mass is 996 g/mol. The van der Waals surface area contributed by atoms with E-state index in [1.165, 1.54) is 42.5 Å². The molecule has 3 aromatic carbocycles. The molecule has 4 aromatic rings. The highest BCUT2D eigenvalue weighted by Gasteiger charge is 2.51. The van der Waals surface area contributed by atoms with Crippen molar-refractivity contribution in [3.63, 3.8) is 0 Å². The summed E-state index contributed by atoms with van der Waals surface area (Å²) in [5.74, 6) is -3.91. The Balaban J connectivity index is 1.46. The number of rotatable bonds is 7. The van der Waals surface area contributed by atoms with Gasteiger partial charge in [-0.2, -0.15) is 0 Å². The van der Waals surface area contributed by atoms with Crippen molar-refractivity contribution >= 4 is 45.1 Å². The normalized spacial score (nSPS) is 29.3. The Hall–Kier alpha value is -5.45. The molecule has 15 heteroatoms. The lowest BCUT2D eigenvalue weighted by Gasteiger charge is -2.38. The number of hydrogen-bond acceptors (Lipinski definition) is 15. The molecule has 0 spiro atoms. The summed E-state index contributed by atoms with van der Waals surface area (Å²) in [6.07, 6.45) is 3.49. The maximum absolute atomic E-state index is 14.0. The summed E-state index contributed by atoms with van der Waals surface area (Å²) < 4.78 is 44.8. The molecule has 3 N–H and O–H groups in total. The molecule has 3 aliphatic rings. The Labute approximate surface area is 424 Å². The number of fused-ring (bicyclic) bond motifs is 2. The molecule has 10 atom stereocenters. The van der Waals surface area contributed by atoms with Crippen molar-refractivity contribution in [1.29, 1.82) is 0 Å². The SMILES string of the molecule is COc1c(N2CCN(Cc3c(C)cc(C)cc3C)CC2)c2nc3oc2c2c(OC(=O)C(C)(C)C)c(C)c4c(c12)C(O)C(C)(O/C=C\C(OC)C(C)C(OC(C)=O)C(C)C(O)C(C)C(O)C(C)/C=C\C=C/3C)O4. The average Bonchev–Trinajstić information content (AvgIpc) is 3.88. The van der Waals surface area contributed by atoms with E-state index in [0.717, 1.165) is 19.6 Å². The minimum absolute atomic E-state index is 0.163. The molecule has 1 fully saturated rings. The first-order valence-corrected chi connectivity index (χ1v) is 25.2. The van der Waals surface area contributed by atoms with Gasteiger partial charge in [-0.25, -0.2) is 4.98 Å². The lowest BCUT2D eigenvalue weighted by molar-refractivity contribution is -0.181. The van der Waals surface area contributed by atoms with E-state index < -0.39 is 77.3 Å². The number of piperazine rings is 1. The molecule has 3 aliphatic heterocycles. The minimum Gasteiger partial charge on any atom is -0.494 e. The molecule has 72 heavy (non-hydrogen) atoms. The third kappa shape index (κ3) is 10.4. The van der Waals surface area contributed by atoms with Crippen molar-refractivity contribution < 1.29 is 57.7 Å². The molecule has 392 valence electrons. The summed E-state index contributed by atoms with van der Waals surface area (Å²) in [6.45, 7) is 29.1. The third-order valence-corrected chi connectivity index (χ3v) is 15.1. The number of oxazole rings is 1. The number of allylic oxidation sites excluding steroid dienone is 3. The summed E-state index contributed by atoms with van der Waals surface area (Å²) in [7, 11) is 3.09. The largest absolute Gasteiger partial charge is 0.494 e. The zero-order valence-electron chi connectivity index (χ0n) is 45.1. The molecule has 1 saturated heterocycles. The maximum atomic E-state index is 14.0. The van der Waals surface area contributed by atoms with Gasteiger partial charge in [0.15, 0.2) is 17.4 Å². The maximum Gasteiger partial charge on any atom is 0.316 e. The first-order valence-electron chi connectivity index (χ1n) is 25.2. The average molecular weight is 996 g/mol. The van der Waals surface area contributed by atoms with Crippen molar-refractivity contribution in [2.75, 3.05) is 45.3 Å². The van der Waals surface area contributed by atoms with Crippen molar-refractivity contribution in [3.8, 4) is 17.2 Å². The van der Waals surface area contributed by atoms with Gasteiger partial charge in [-0.3, -0.25) is 14.5 Å². The molecular formula is C57H77N3O12. The molecule has 1 aromatic heterocycles. The number of esters is 2. The van der Waals surface area contributed by atoms with Gasteiger partial charge >= 0.3 is 11.9 Å². The third-order valence-electron chi connectivity index (χ3n) is 15.1. The Morgan fingerprint density at radius 3 is 2.12 bits per heavy atom. The number of hydrogen-bond donors (Lipinski definition) is 3. The van der Waals surface area contributed by atoms with Crippen LogP contribution in [-0.2, 0) is 30.3 Å². The predicted octanol–water partition coefficient (Wildman–Crippen LogP) is 9.36. The van der Waals surface area contributed by atoms with Crippen LogP contribution in [0.25, 0.3) is 27.4 Å². The lowest BCUT2D eigenvalue weighted by Crippen LogP contribution is -2.46. The number of carbonyl (C=O) groups excluding carboxylic acids is 2. The van der Waals surface area contributed by atoms with Crippen LogP contribution in [0.4, 0.5) is 5.69 Å². The summed E-state index contributed by atoms with van der Waals surface area (Å²) in [5, 5.41) is 36.9. The Morgan fingerprint density at radius 1 is 0.875 bits per heavy atom. The highest BCUT2D eigenvalue weighted by Crippen LogP contribution is 2.59. The number of benzene rings is 3. The van der Waals surface area contributed by atoms with E-state index in [0.29, 0.717) is 69.0 Å². The topological polar surface area (TPSA) is 183 Å². The number of aryl methyl sites for hydroxylation is 3. The van der Waals surface area contributed by atoms with Crippen LogP contribution in [0.5, 0.6) is 17.2 Å².